The van der Waals surface area contributed by atoms with Gasteiger partial charge in [-0.15, -0.1) is 0 Å². The zero-order chi connectivity index (χ0) is 13.0. The Labute approximate surface area is 100 Å². The number of nitrogens with zero attached hydrogens (tertiary/aromatic N) is 1. The number of amides is 1. The molecule has 0 aliphatic heterocycles. The average molecular weight is 239 g/mol. The maximum atomic E-state index is 12.1. The lowest BCUT2D eigenvalue weighted by molar-refractivity contribution is -0.137. The summed E-state index contributed by atoms with van der Waals surface area (Å²) in [4.78, 5) is 24.1. The molecule has 0 saturated heterocycles. The van der Waals surface area contributed by atoms with E-state index in [9.17, 15) is 9.59 Å². The summed E-state index contributed by atoms with van der Waals surface area (Å²) < 4.78 is 5.29. The lowest BCUT2D eigenvalue weighted by Gasteiger charge is -2.19. The topological polar surface area (TPSA) is 70.8 Å². The van der Waals surface area contributed by atoms with Crippen LogP contribution in [0.3, 0.4) is 0 Å². The molecular weight excluding hydrogens is 222 g/mol. The van der Waals surface area contributed by atoms with Gasteiger partial charge in [-0.2, -0.15) is 0 Å². The summed E-state index contributed by atoms with van der Waals surface area (Å²) in [7, 11) is 0. The summed E-state index contributed by atoms with van der Waals surface area (Å²) in [6, 6.07) is 1.68. The number of rotatable bonds is 5. The molecule has 0 radical (unpaired) electrons. The normalized spacial score (nSPS) is 10.3. The number of carbonyl (C=O) groups is 2. The van der Waals surface area contributed by atoms with Gasteiger partial charge in [0.15, 0.2) is 0 Å². The average Bonchev–Trinajstić information content (AvgIpc) is 2.58. The molecule has 0 aliphatic carbocycles. The van der Waals surface area contributed by atoms with E-state index >= 15 is 0 Å². The molecule has 1 N–H and O–H groups in total. The Morgan fingerprint density at radius 3 is 2.47 bits per heavy atom. The molecule has 5 heteroatoms. The van der Waals surface area contributed by atoms with Crippen molar-refractivity contribution in [2.75, 3.05) is 13.1 Å². The van der Waals surface area contributed by atoms with Crippen LogP contribution in [-0.2, 0) is 4.79 Å². The summed E-state index contributed by atoms with van der Waals surface area (Å²) in [6.07, 6.45) is -0.0462. The quantitative estimate of drug-likeness (QED) is 0.851. The van der Waals surface area contributed by atoms with Crippen LogP contribution in [0, 0.1) is 13.8 Å². The zero-order valence-corrected chi connectivity index (χ0v) is 10.3. The zero-order valence-electron chi connectivity index (χ0n) is 10.3. The fourth-order valence-electron chi connectivity index (χ4n) is 1.65. The maximum Gasteiger partial charge on any atom is 0.305 e. The van der Waals surface area contributed by atoms with Crippen LogP contribution in [0.2, 0.25) is 0 Å². The van der Waals surface area contributed by atoms with Crippen LogP contribution in [-0.4, -0.2) is 35.0 Å². The lowest BCUT2D eigenvalue weighted by Crippen LogP contribution is -2.32. The van der Waals surface area contributed by atoms with Gasteiger partial charge in [-0.25, -0.2) is 0 Å². The van der Waals surface area contributed by atoms with Crippen molar-refractivity contribution < 1.29 is 19.1 Å². The van der Waals surface area contributed by atoms with Gasteiger partial charge in [0.1, 0.15) is 11.5 Å². The van der Waals surface area contributed by atoms with E-state index in [1.807, 2.05) is 6.92 Å². The molecule has 17 heavy (non-hydrogen) atoms. The highest BCUT2D eigenvalue weighted by molar-refractivity contribution is 5.95. The van der Waals surface area contributed by atoms with Crippen LogP contribution in [0.15, 0.2) is 10.5 Å². The Hall–Kier alpha value is -1.78. The van der Waals surface area contributed by atoms with E-state index in [4.69, 9.17) is 9.52 Å². The standard InChI is InChI=1S/C12H17NO4/c1-4-13(6-5-11(14)15)12(16)10-7-8(2)17-9(10)3/h7H,4-6H2,1-3H3,(H,14,15). The number of hydrogen-bond donors (Lipinski definition) is 1. The van der Waals surface area contributed by atoms with Crippen molar-refractivity contribution in [2.45, 2.75) is 27.2 Å². The minimum Gasteiger partial charge on any atom is -0.481 e. The first-order valence-corrected chi connectivity index (χ1v) is 5.53. The highest BCUT2D eigenvalue weighted by Gasteiger charge is 2.19. The van der Waals surface area contributed by atoms with Crippen LogP contribution in [0.5, 0.6) is 0 Å². The van der Waals surface area contributed by atoms with E-state index in [0.717, 1.165) is 0 Å². The van der Waals surface area contributed by atoms with Crippen LogP contribution in [0.1, 0.15) is 35.2 Å². The van der Waals surface area contributed by atoms with Gasteiger partial charge in [-0.3, -0.25) is 9.59 Å². The van der Waals surface area contributed by atoms with Crippen molar-refractivity contribution in [3.8, 4) is 0 Å². The largest absolute Gasteiger partial charge is 0.481 e. The van der Waals surface area contributed by atoms with Gasteiger partial charge < -0.3 is 14.4 Å². The third-order valence-corrected chi connectivity index (χ3v) is 2.54. The van der Waals surface area contributed by atoms with Gasteiger partial charge in [0, 0.05) is 13.1 Å². The minimum absolute atomic E-state index is 0.0462. The van der Waals surface area contributed by atoms with Gasteiger partial charge in [0.25, 0.3) is 5.91 Å². The van der Waals surface area contributed by atoms with Crippen LogP contribution < -0.4 is 0 Å². The number of hydrogen-bond acceptors (Lipinski definition) is 3. The Balaban J connectivity index is 2.79. The van der Waals surface area contributed by atoms with Crippen LogP contribution in [0.25, 0.3) is 0 Å². The fourth-order valence-corrected chi connectivity index (χ4v) is 1.65. The number of aliphatic carboxylic acids is 1. The van der Waals surface area contributed by atoms with Crippen molar-refractivity contribution >= 4 is 11.9 Å². The monoisotopic (exact) mass is 239 g/mol. The molecule has 0 atom stereocenters. The Bertz CT molecular complexity index is 422. The highest BCUT2D eigenvalue weighted by Crippen LogP contribution is 2.16. The van der Waals surface area contributed by atoms with Gasteiger partial charge in [0.2, 0.25) is 0 Å². The van der Waals surface area contributed by atoms with E-state index in [1.54, 1.807) is 19.9 Å². The number of aryl methyl sites for hydroxylation is 2. The molecule has 1 heterocycles. The van der Waals surface area contributed by atoms with Gasteiger partial charge >= 0.3 is 5.97 Å². The molecule has 0 bridgehead atoms. The summed E-state index contributed by atoms with van der Waals surface area (Å²) in [6.45, 7) is 6.02. The Kier molecular flexibility index (Phi) is 4.31. The maximum absolute atomic E-state index is 12.1. The van der Waals surface area contributed by atoms with Gasteiger partial charge in [-0.1, -0.05) is 0 Å². The molecule has 1 aromatic rings. The molecule has 5 nitrogen and oxygen atoms in total. The van der Waals surface area contributed by atoms with Crippen molar-refractivity contribution in [1.82, 2.24) is 4.90 Å². The first-order chi connectivity index (χ1) is 7.95. The first kappa shape index (κ1) is 13.3. The van der Waals surface area contributed by atoms with Crippen LogP contribution in [0.4, 0.5) is 0 Å². The second-order valence-electron chi connectivity index (χ2n) is 3.86. The predicted octanol–water partition coefficient (Wildman–Crippen LogP) is 1.83. The number of carboxylic acid groups (broad SMARTS) is 1. The summed E-state index contributed by atoms with van der Waals surface area (Å²) in [5.74, 6) is 0.167. The third-order valence-electron chi connectivity index (χ3n) is 2.54. The molecule has 0 aliphatic rings. The molecule has 0 fully saturated rings. The molecule has 0 spiro atoms. The Morgan fingerprint density at radius 1 is 1.41 bits per heavy atom. The van der Waals surface area contributed by atoms with E-state index in [0.29, 0.717) is 23.6 Å². The molecular formula is C12H17NO4. The summed E-state index contributed by atoms with van der Waals surface area (Å²) >= 11 is 0. The summed E-state index contributed by atoms with van der Waals surface area (Å²) in [5, 5.41) is 8.61. The molecule has 1 rings (SSSR count). The number of furan rings is 1. The van der Waals surface area contributed by atoms with Gasteiger partial charge in [0.05, 0.1) is 12.0 Å². The minimum atomic E-state index is -0.906. The van der Waals surface area contributed by atoms with Gasteiger partial charge in [-0.05, 0) is 26.8 Å². The third kappa shape index (κ3) is 3.34. The van der Waals surface area contributed by atoms with E-state index in [-0.39, 0.29) is 18.9 Å². The molecule has 0 aromatic carbocycles. The molecule has 94 valence electrons. The smallest absolute Gasteiger partial charge is 0.305 e. The second-order valence-corrected chi connectivity index (χ2v) is 3.86. The van der Waals surface area contributed by atoms with Crippen LogP contribution >= 0.6 is 0 Å². The number of carbonyl (C=O) groups excluding carboxylic acids is 1. The van der Waals surface area contributed by atoms with Crippen molar-refractivity contribution in [2.24, 2.45) is 0 Å². The first-order valence-electron chi connectivity index (χ1n) is 5.53. The molecule has 1 amide bonds. The van der Waals surface area contributed by atoms with E-state index in [2.05, 4.69) is 0 Å². The van der Waals surface area contributed by atoms with Crippen molar-refractivity contribution in [3.05, 3.63) is 23.2 Å². The van der Waals surface area contributed by atoms with Crippen molar-refractivity contribution in [3.63, 3.8) is 0 Å². The molecule has 0 unspecified atom stereocenters. The second kappa shape index (κ2) is 5.52. The number of carboxylic acids is 1. The Morgan fingerprint density at radius 2 is 2.06 bits per heavy atom. The lowest BCUT2D eigenvalue weighted by atomic mass is 10.2. The summed E-state index contributed by atoms with van der Waals surface area (Å²) in [5.41, 5.74) is 0.509. The molecule has 0 saturated carbocycles. The van der Waals surface area contributed by atoms with Crippen molar-refractivity contribution in [1.29, 1.82) is 0 Å². The SMILES string of the molecule is CCN(CCC(=O)O)C(=O)c1cc(C)oc1C. The molecule has 1 aromatic heterocycles. The predicted molar refractivity (Wildman–Crippen MR) is 62.0 cm³/mol. The highest BCUT2D eigenvalue weighted by atomic mass is 16.4. The fraction of sp³-hybridized carbons (Fsp3) is 0.500. The van der Waals surface area contributed by atoms with E-state index < -0.39 is 5.97 Å². The van der Waals surface area contributed by atoms with E-state index in [1.165, 1.54) is 4.90 Å².